The minimum Gasteiger partial charge on any atom is -0.403 e. The summed E-state index contributed by atoms with van der Waals surface area (Å²) in [5.74, 6) is -1.62. The molecule has 1 aliphatic heterocycles. The minimum absolute atomic E-state index is 0.0121. The standard InChI is InChI=1S/C19H22F2N6OS/c1-24-17(27-8-3-2-4-9-27)13(10-22)25-18(28)15-16(23)29-19(26-15)14-11(20)6-5-7-12(14)21/h5-7,10H,2-4,8-9,22-23H2,1H3,(H,25,28)/b13-10+,24-17?. The van der Waals surface area contributed by atoms with Crippen LogP contribution in [-0.2, 0) is 0 Å². The first-order chi connectivity index (χ1) is 14.0. The molecular formula is C19H22F2N6OS. The van der Waals surface area contributed by atoms with E-state index in [9.17, 15) is 13.6 Å². The fourth-order valence-electron chi connectivity index (χ4n) is 3.20. The molecule has 7 nitrogen and oxygen atoms in total. The fourth-order valence-corrected chi connectivity index (χ4v) is 4.07. The van der Waals surface area contributed by atoms with Crippen LogP contribution >= 0.6 is 11.3 Å². The molecule has 0 saturated carbocycles. The van der Waals surface area contributed by atoms with Crippen LogP contribution in [0, 0.1) is 11.6 Å². The molecule has 3 rings (SSSR count). The van der Waals surface area contributed by atoms with Crippen molar-refractivity contribution in [1.82, 2.24) is 15.2 Å². The number of thiazole rings is 1. The Labute approximate surface area is 171 Å². The summed E-state index contributed by atoms with van der Waals surface area (Å²) in [5.41, 5.74) is 11.5. The van der Waals surface area contributed by atoms with E-state index >= 15 is 0 Å². The number of nitrogen functional groups attached to an aromatic ring is 1. The summed E-state index contributed by atoms with van der Waals surface area (Å²) < 4.78 is 28.1. The number of rotatable bonds is 4. The molecule has 1 aromatic carbocycles. The number of amides is 1. The second kappa shape index (κ2) is 8.99. The number of halogens is 2. The van der Waals surface area contributed by atoms with Gasteiger partial charge in [0.25, 0.3) is 5.91 Å². The SMILES string of the molecule is CN=C(/C(=C\N)NC(=O)c1nc(-c2c(F)cccc2F)sc1N)N1CCCCC1. The zero-order valence-corrected chi connectivity index (χ0v) is 16.7. The average molecular weight is 420 g/mol. The maximum atomic E-state index is 14.0. The number of hydrogen-bond acceptors (Lipinski definition) is 6. The number of nitrogens with two attached hydrogens (primary N) is 2. The third kappa shape index (κ3) is 4.37. The Kier molecular flexibility index (Phi) is 6.42. The fraction of sp³-hybridized carbons (Fsp3) is 0.316. The molecule has 0 aliphatic carbocycles. The molecule has 1 aliphatic rings. The third-order valence-corrected chi connectivity index (χ3v) is 5.47. The molecule has 1 aromatic heterocycles. The number of amidine groups is 1. The number of nitrogens with zero attached hydrogens (tertiary/aromatic N) is 3. The Morgan fingerprint density at radius 3 is 2.52 bits per heavy atom. The lowest BCUT2D eigenvalue weighted by molar-refractivity contribution is 0.0963. The molecule has 2 aromatic rings. The number of carbonyl (C=O) groups excluding carboxylic acids is 1. The lowest BCUT2D eigenvalue weighted by Gasteiger charge is -2.30. The van der Waals surface area contributed by atoms with Crippen molar-refractivity contribution < 1.29 is 13.6 Å². The van der Waals surface area contributed by atoms with Gasteiger partial charge in [-0.3, -0.25) is 9.79 Å². The molecule has 0 bridgehead atoms. The maximum absolute atomic E-state index is 14.0. The molecule has 0 unspecified atom stereocenters. The lowest BCUT2D eigenvalue weighted by atomic mass is 10.1. The first kappa shape index (κ1) is 20.7. The second-order valence-corrected chi connectivity index (χ2v) is 7.49. The van der Waals surface area contributed by atoms with E-state index in [-0.39, 0.29) is 21.3 Å². The van der Waals surface area contributed by atoms with Gasteiger partial charge >= 0.3 is 0 Å². The normalized spacial score (nSPS) is 15.5. The van der Waals surface area contributed by atoms with E-state index in [2.05, 4.69) is 15.3 Å². The highest BCUT2D eigenvalue weighted by atomic mass is 32.1. The smallest absolute Gasteiger partial charge is 0.277 e. The van der Waals surface area contributed by atoms with E-state index in [4.69, 9.17) is 11.5 Å². The zero-order valence-electron chi connectivity index (χ0n) is 15.9. The van der Waals surface area contributed by atoms with Crippen LogP contribution in [0.5, 0.6) is 0 Å². The van der Waals surface area contributed by atoms with Crippen molar-refractivity contribution in [2.75, 3.05) is 25.9 Å². The number of piperidine rings is 1. The van der Waals surface area contributed by atoms with Crippen LogP contribution in [-0.4, -0.2) is 41.8 Å². The van der Waals surface area contributed by atoms with Crippen molar-refractivity contribution in [3.63, 3.8) is 0 Å². The number of anilines is 1. The largest absolute Gasteiger partial charge is 0.403 e. The van der Waals surface area contributed by atoms with E-state index in [1.54, 1.807) is 7.05 Å². The topological polar surface area (TPSA) is 110 Å². The molecule has 2 heterocycles. The van der Waals surface area contributed by atoms with Gasteiger partial charge in [0.15, 0.2) is 5.69 Å². The van der Waals surface area contributed by atoms with E-state index in [0.29, 0.717) is 11.5 Å². The number of nitrogens with one attached hydrogen (secondary N) is 1. The molecule has 154 valence electrons. The minimum atomic E-state index is -0.779. The Morgan fingerprint density at radius 1 is 1.28 bits per heavy atom. The highest BCUT2D eigenvalue weighted by molar-refractivity contribution is 7.19. The highest BCUT2D eigenvalue weighted by Crippen LogP contribution is 2.33. The Hall–Kier alpha value is -3.01. The number of benzene rings is 1. The van der Waals surface area contributed by atoms with Crippen LogP contribution < -0.4 is 16.8 Å². The van der Waals surface area contributed by atoms with E-state index in [0.717, 1.165) is 55.8 Å². The Morgan fingerprint density at radius 2 is 1.93 bits per heavy atom. The van der Waals surface area contributed by atoms with Gasteiger partial charge < -0.3 is 21.7 Å². The van der Waals surface area contributed by atoms with Gasteiger partial charge in [-0.25, -0.2) is 13.8 Å². The third-order valence-electron chi connectivity index (χ3n) is 4.57. The maximum Gasteiger partial charge on any atom is 0.277 e. The van der Waals surface area contributed by atoms with Gasteiger partial charge in [-0.15, -0.1) is 0 Å². The summed E-state index contributed by atoms with van der Waals surface area (Å²) in [6, 6.07) is 3.49. The van der Waals surface area contributed by atoms with Gasteiger partial charge in [0.2, 0.25) is 0 Å². The van der Waals surface area contributed by atoms with Crippen LogP contribution in [0.4, 0.5) is 13.8 Å². The molecule has 1 saturated heterocycles. The zero-order chi connectivity index (χ0) is 21.0. The quantitative estimate of drug-likeness (QED) is 0.520. The predicted molar refractivity (Wildman–Crippen MR) is 110 cm³/mol. The van der Waals surface area contributed by atoms with Crippen molar-refractivity contribution in [2.45, 2.75) is 19.3 Å². The predicted octanol–water partition coefficient (Wildman–Crippen LogP) is 2.71. The van der Waals surface area contributed by atoms with Crippen LogP contribution in [0.3, 0.4) is 0 Å². The average Bonchev–Trinajstić information content (AvgIpc) is 3.09. The van der Waals surface area contributed by atoms with Crippen molar-refractivity contribution in [1.29, 1.82) is 0 Å². The van der Waals surface area contributed by atoms with Crippen molar-refractivity contribution in [2.24, 2.45) is 10.7 Å². The molecular weight excluding hydrogens is 398 g/mol. The van der Waals surface area contributed by atoms with Gasteiger partial charge in [-0.05, 0) is 31.4 Å². The summed E-state index contributed by atoms with van der Waals surface area (Å²) in [5, 5.41) is 2.70. The number of hydrogen-bond donors (Lipinski definition) is 3. The Bertz CT molecular complexity index is 945. The van der Waals surface area contributed by atoms with E-state index < -0.39 is 17.5 Å². The molecule has 0 spiro atoms. The lowest BCUT2D eigenvalue weighted by Crippen LogP contribution is -2.41. The summed E-state index contributed by atoms with van der Waals surface area (Å²) >= 11 is 0.835. The summed E-state index contributed by atoms with van der Waals surface area (Å²) in [4.78, 5) is 23.1. The number of carbonyl (C=O) groups is 1. The molecule has 5 N–H and O–H groups in total. The van der Waals surface area contributed by atoms with Crippen LogP contribution in [0.1, 0.15) is 29.8 Å². The molecule has 29 heavy (non-hydrogen) atoms. The second-order valence-electron chi connectivity index (χ2n) is 6.46. The van der Waals surface area contributed by atoms with Gasteiger partial charge in [0.05, 0.1) is 11.3 Å². The number of aromatic nitrogens is 1. The molecule has 10 heteroatoms. The van der Waals surface area contributed by atoms with Crippen molar-refractivity contribution >= 4 is 28.1 Å². The van der Waals surface area contributed by atoms with Gasteiger partial charge in [0.1, 0.15) is 27.5 Å². The number of aliphatic imine (C=N–C) groups is 1. The highest BCUT2D eigenvalue weighted by Gasteiger charge is 2.24. The first-order valence-electron chi connectivity index (χ1n) is 9.12. The summed E-state index contributed by atoms with van der Waals surface area (Å²) in [6.45, 7) is 1.63. The molecule has 0 radical (unpaired) electrons. The van der Waals surface area contributed by atoms with Crippen molar-refractivity contribution in [3.05, 3.63) is 47.4 Å². The Balaban J connectivity index is 1.84. The molecule has 0 atom stereocenters. The van der Waals surface area contributed by atoms with Crippen LogP contribution in [0.2, 0.25) is 0 Å². The number of likely N-dealkylation sites (tertiary alicyclic amines) is 1. The monoisotopic (exact) mass is 420 g/mol. The van der Waals surface area contributed by atoms with Gasteiger partial charge in [-0.2, -0.15) is 0 Å². The molecule has 1 fully saturated rings. The molecule has 1 amide bonds. The van der Waals surface area contributed by atoms with Gasteiger partial charge in [0, 0.05) is 26.3 Å². The summed E-state index contributed by atoms with van der Waals surface area (Å²) in [7, 11) is 1.62. The van der Waals surface area contributed by atoms with Gasteiger partial charge in [-0.1, -0.05) is 17.4 Å². The van der Waals surface area contributed by atoms with E-state index in [1.165, 1.54) is 12.3 Å². The summed E-state index contributed by atoms with van der Waals surface area (Å²) in [6.07, 6.45) is 4.46. The van der Waals surface area contributed by atoms with E-state index in [1.807, 2.05) is 4.90 Å². The van der Waals surface area contributed by atoms with Crippen LogP contribution in [0.25, 0.3) is 10.6 Å². The van der Waals surface area contributed by atoms with Crippen molar-refractivity contribution in [3.8, 4) is 10.6 Å². The van der Waals surface area contributed by atoms with Crippen LogP contribution in [0.15, 0.2) is 35.1 Å². The first-order valence-corrected chi connectivity index (χ1v) is 9.94.